The Labute approximate surface area is 85.7 Å². The molecule has 0 aromatic carbocycles. The third kappa shape index (κ3) is 2.25. The Kier molecular flexibility index (Phi) is 3.51. The van der Waals surface area contributed by atoms with E-state index in [0.29, 0.717) is 0 Å². The number of nitrogens with zero attached hydrogens (tertiary/aromatic N) is 2. The van der Waals surface area contributed by atoms with Crippen molar-refractivity contribution in [3.05, 3.63) is 0 Å². The molecule has 3 heteroatoms. The van der Waals surface area contributed by atoms with Gasteiger partial charge in [0.05, 0.1) is 6.07 Å². The van der Waals surface area contributed by atoms with E-state index >= 15 is 0 Å². The van der Waals surface area contributed by atoms with E-state index in [1.54, 1.807) is 11.9 Å². The molecule has 1 amide bonds. The molecular formula is C11H18N2O. The molecule has 78 valence electrons. The number of hydrogen-bond donors (Lipinski definition) is 0. The van der Waals surface area contributed by atoms with Crippen molar-refractivity contribution in [2.75, 3.05) is 13.6 Å². The van der Waals surface area contributed by atoms with Gasteiger partial charge in [0.2, 0.25) is 5.91 Å². The van der Waals surface area contributed by atoms with Gasteiger partial charge in [0.15, 0.2) is 0 Å². The third-order valence-electron chi connectivity index (χ3n) is 3.13. The number of amides is 1. The molecule has 1 aliphatic carbocycles. The van der Waals surface area contributed by atoms with Crippen molar-refractivity contribution in [2.24, 2.45) is 5.41 Å². The van der Waals surface area contributed by atoms with Gasteiger partial charge in [-0.3, -0.25) is 4.79 Å². The fourth-order valence-electron chi connectivity index (χ4n) is 2.18. The summed E-state index contributed by atoms with van der Waals surface area (Å²) in [5, 5.41) is 8.52. The van der Waals surface area contributed by atoms with Crippen molar-refractivity contribution in [1.82, 2.24) is 4.90 Å². The van der Waals surface area contributed by atoms with Crippen molar-refractivity contribution < 1.29 is 4.79 Å². The van der Waals surface area contributed by atoms with E-state index in [4.69, 9.17) is 5.26 Å². The van der Waals surface area contributed by atoms with E-state index < -0.39 is 0 Å². The Bertz CT molecular complexity index is 249. The molecule has 0 heterocycles. The van der Waals surface area contributed by atoms with Crippen LogP contribution in [0.5, 0.6) is 0 Å². The lowest BCUT2D eigenvalue weighted by Gasteiger charge is -2.34. The van der Waals surface area contributed by atoms with Crippen LogP contribution in [0.2, 0.25) is 0 Å². The highest BCUT2D eigenvalue weighted by atomic mass is 16.2. The maximum atomic E-state index is 12.0. The first-order valence-electron chi connectivity index (χ1n) is 5.23. The van der Waals surface area contributed by atoms with Crippen molar-refractivity contribution in [3.8, 4) is 6.07 Å². The molecule has 14 heavy (non-hydrogen) atoms. The standard InChI is InChI=1S/C11H18N2O/c1-11(6-4-3-5-7-11)10(14)13(2)9-8-12/h3-7,9H2,1-2H3. The molecule has 0 aromatic rings. The monoisotopic (exact) mass is 194 g/mol. The van der Waals surface area contributed by atoms with E-state index in [0.717, 1.165) is 25.7 Å². The Morgan fingerprint density at radius 1 is 1.43 bits per heavy atom. The minimum atomic E-state index is -0.205. The van der Waals surface area contributed by atoms with Gasteiger partial charge >= 0.3 is 0 Å². The average Bonchev–Trinajstić information content (AvgIpc) is 2.18. The van der Waals surface area contributed by atoms with Crippen LogP contribution in [0.3, 0.4) is 0 Å². The molecule has 0 radical (unpaired) electrons. The second-order valence-corrected chi connectivity index (χ2v) is 4.44. The smallest absolute Gasteiger partial charge is 0.229 e. The lowest BCUT2D eigenvalue weighted by molar-refractivity contribution is -0.141. The van der Waals surface area contributed by atoms with Gasteiger partial charge in [-0.2, -0.15) is 5.26 Å². The zero-order chi connectivity index (χ0) is 10.6. The molecule has 1 rings (SSSR count). The molecule has 0 atom stereocenters. The molecule has 0 spiro atoms. The van der Waals surface area contributed by atoms with Crippen molar-refractivity contribution in [2.45, 2.75) is 39.0 Å². The normalized spacial score (nSPS) is 19.8. The van der Waals surface area contributed by atoms with Crippen LogP contribution < -0.4 is 0 Å². The Morgan fingerprint density at radius 3 is 2.50 bits per heavy atom. The number of carbonyl (C=O) groups is 1. The van der Waals surface area contributed by atoms with Gasteiger partial charge in [-0.1, -0.05) is 26.2 Å². The van der Waals surface area contributed by atoms with Crippen LogP contribution in [-0.2, 0) is 4.79 Å². The molecule has 0 aliphatic heterocycles. The topological polar surface area (TPSA) is 44.1 Å². The number of rotatable bonds is 2. The Morgan fingerprint density at radius 2 is 2.00 bits per heavy atom. The molecular weight excluding hydrogens is 176 g/mol. The van der Waals surface area contributed by atoms with Gasteiger partial charge in [0.25, 0.3) is 0 Å². The SMILES string of the molecule is CN(CC#N)C(=O)C1(C)CCCCC1. The van der Waals surface area contributed by atoms with E-state index in [9.17, 15) is 4.79 Å². The second kappa shape index (κ2) is 4.45. The first kappa shape index (κ1) is 11.0. The second-order valence-electron chi connectivity index (χ2n) is 4.44. The van der Waals surface area contributed by atoms with Gasteiger partial charge in [0, 0.05) is 12.5 Å². The van der Waals surface area contributed by atoms with Crippen LogP contribution in [-0.4, -0.2) is 24.4 Å². The highest BCUT2D eigenvalue weighted by Gasteiger charge is 2.36. The van der Waals surface area contributed by atoms with Crippen molar-refractivity contribution in [1.29, 1.82) is 5.26 Å². The van der Waals surface area contributed by atoms with Gasteiger partial charge in [0.1, 0.15) is 6.54 Å². The van der Waals surface area contributed by atoms with Crippen molar-refractivity contribution in [3.63, 3.8) is 0 Å². The molecule has 0 aromatic heterocycles. The maximum Gasteiger partial charge on any atom is 0.229 e. The van der Waals surface area contributed by atoms with Gasteiger partial charge in [-0.05, 0) is 12.8 Å². The number of carbonyl (C=O) groups excluding carboxylic acids is 1. The fourth-order valence-corrected chi connectivity index (χ4v) is 2.18. The summed E-state index contributed by atoms with van der Waals surface area (Å²) in [6.07, 6.45) is 5.47. The van der Waals surface area contributed by atoms with Crippen LogP contribution in [0, 0.1) is 16.7 Å². The summed E-state index contributed by atoms with van der Waals surface area (Å²) in [6.45, 7) is 2.23. The quantitative estimate of drug-likeness (QED) is 0.630. The first-order chi connectivity index (χ1) is 6.60. The molecule has 0 bridgehead atoms. The summed E-state index contributed by atoms with van der Waals surface area (Å²) < 4.78 is 0. The average molecular weight is 194 g/mol. The predicted octanol–water partition coefficient (Wildman–Crippen LogP) is 1.94. The van der Waals surface area contributed by atoms with Crippen LogP contribution >= 0.6 is 0 Å². The van der Waals surface area contributed by atoms with E-state index in [-0.39, 0.29) is 17.9 Å². The Balaban J connectivity index is 2.62. The minimum Gasteiger partial charge on any atom is -0.332 e. The number of hydrogen-bond acceptors (Lipinski definition) is 2. The van der Waals surface area contributed by atoms with E-state index in [1.165, 1.54) is 6.42 Å². The van der Waals surface area contributed by atoms with Crippen LogP contribution in [0.1, 0.15) is 39.0 Å². The summed E-state index contributed by atoms with van der Waals surface area (Å²) in [6, 6.07) is 2.01. The molecule has 0 unspecified atom stereocenters. The van der Waals surface area contributed by atoms with E-state index in [2.05, 4.69) is 0 Å². The molecule has 0 saturated heterocycles. The summed E-state index contributed by atoms with van der Waals surface area (Å²) in [5.74, 6) is 0.138. The summed E-state index contributed by atoms with van der Waals surface area (Å²) in [7, 11) is 1.71. The van der Waals surface area contributed by atoms with Gasteiger partial charge in [-0.15, -0.1) is 0 Å². The number of nitriles is 1. The van der Waals surface area contributed by atoms with Crippen LogP contribution in [0.15, 0.2) is 0 Å². The third-order valence-corrected chi connectivity index (χ3v) is 3.13. The minimum absolute atomic E-state index is 0.138. The lowest BCUT2D eigenvalue weighted by Crippen LogP contribution is -2.41. The molecule has 1 fully saturated rings. The van der Waals surface area contributed by atoms with Gasteiger partial charge in [-0.25, -0.2) is 0 Å². The highest BCUT2D eigenvalue weighted by Crippen LogP contribution is 2.37. The molecule has 1 aliphatic rings. The Hall–Kier alpha value is -1.04. The summed E-state index contributed by atoms with van der Waals surface area (Å²) in [5.41, 5.74) is -0.205. The molecule has 0 N–H and O–H groups in total. The van der Waals surface area contributed by atoms with E-state index in [1.807, 2.05) is 13.0 Å². The fraction of sp³-hybridized carbons (Fsp3) is 0.818. The largest absolute Gasteiger partial charge is 0.332 e. The summed E-state index contributed by atoms with van der Waals surface area (Å²) >= 11 is 0. The van der Waals surface area contributed by atoms with Crippen molar-refractivity contribution >= 4 is 5.91 Å². The van der Waals surface area contributed by atoms with Gasteiger partial charge < -0.3 is 4.90 Å². The zero-order valence-corrected chi connectivity index (χ0v) is 9.05. The highest BCUT2D eigenvalue weighted by molar-refractivity contribution is 5.82. The summed E-state index contributed by atoms with van der Waals surface area (Å²) in [4.78, 5) is 13.5. The van der Waals surface area contributed by atoms with Crippen LogP contribution in [0.25, 0.3) is 0 Å². The zero-order valence-electron chi connectivity index (χ0n) is 9.05. The molecule has 1 saturated carbocycles. The molecule has 3 nitrogen and oxygen atoms in total. The lowest BCUT2D eigenvalue weighted by atomic mass is 9.75. The first-order valence-corrected chi connectivity index (χ1v) is 5.23. The predicted molar refractivity (Wildman–Crippen MR) is 54.4 cm³/mol. The van der Waals surface area contributed by atoms with Crippen LogP contribution in [0.4, 0.5) is 0 Å². The maximum absolute atomic E-state index is 12.0.